The van der Waals surface area contributed by atoms with Gasteiger partial charge in [-0.05, 0) is 24.3 Å². The number of furan rings is 1. The Kier molecular flexibility index (Phi) is 5.95. The van der Waals surface area contributed by atoms with Crippen LogP contribution in [0.15, 0.2) is 41.0 Å². The van der Waals surface area contributed by atoms with Gasteiger partial charge in [-0.15, -0.1) is 0 Å². The smallest absolute Gasteiger partial charge is 0.244 e. The van der Waals surface area contributed by atoms with Crippen molar-refractivity contribution in [2.75, 3.05) is 26.1 Å². The lowest BCUT2D eigenvalue weighted by molar-refractivity contribution is -0.121. The summed E-state index contributed by atoms with van der Waals surface area (Å²) >= 11 is 0. The van der Waals surface area contributed by atoms with Gasteiger partial charge in [0.15, 0.2) is 0 Å². The number of anilines is 1. The lowest BCUT2D eigenvalue weighted by Crippen LogP contribution is -2.31. The first-order valence-corrected chi connectivity index (χ1v) is 7.00. The second-order valence-corrected chi connectivity index (χ2v) is 4.53. The highest BCUT2D eigenvalue weighted by Gasteiger charge is 2.10. The molecule has 2 rings (SSSR count). The summed E-state index contributed by atoms with van der Waals surface area (Å²) in [6.07, 6.45) is 4.28. The zero-order valence-corrected chi connectivity index (χ0v) is 13.2. The molecule has 2 aromatic heterocycles. The average molecular weight is 331 g/mol. The molecule has 8 heteroatoms. The molecule has 0 saturated heterocycles. The zero-order valence-electron chi connectivity index (χ0n) is 13.2. The second kappa shape index (κ2) is 8.37. The first-order chi connectivity index (χ1) is 11.6. The van der Waals surface area contributed by atoms with Crippen molar-refractivity contribution >= 4 is 23.6 Å². The number of hydrogen-bond donors (Lipinski definition) is 2. The Labute approximate surface area is 138 Å². The quantitative estimate of drug-likeness (QED) is 0.745. The minimum absolute atomic E-state index is 0.198. The number of ether oxygens (including phenoxy) is 2. The molecule has 2 N–H and O–H groups in total. The van der Waals surface area contributed by atoms with Crippen LogP contribution in [0.2, 0.25) is 0 Å². The summed E-state index contributed by atoms with van der Waals surface area (Å²) < 4.78 is 15.1. The predicted molar refractivity (Wildman–Crippen MR) is 86.7 cm³/mol. The zero-order chi connectivity index (χ0) is 17.4. The van der Waals surface area contributed by atoms with Gasteiger partial charge in [0.2, 0.25) is 23.6 Å². The number of methoxy groups -OCH3 is 2. The van der Waals surface area contributed by atoms with Crippen LogP contribution in [0.3, 0.4) is 0 Å². The highest BCUT2D eigenvalue weighted by molar-refractivity contribution is 5.98. The molecular formula is C16H17N3O5. The SMILES string of the molecule is COc1ccc(NC(=O)CNC(=O)/C=C\c2ccco2)c(OC)n1. The van der Waals surface area contributed by atoms with E-state index < -0.39 is 11.8 Å². The second-order valence-electron chi connectivity index (χ2n) is 4.53. The monoisotopic (exact) mass is 331 g/mol. The summed E-state index contributed by atoms with van der Waals surface area (Å²) in [5.74, 6) is 0.290. The minimum atomic E-state index is -0.417. The standard InChI is InChI=1S/C16H17N3O5/c1-22-15-8-6-12(16(19-15)23-2)18-14(21)10-17-13(20)7-5-11-4-3-9-24-11/h3-9H,10H2,1-2H3,(H,17,20)(H,18,21)/b7-5-. The van der Waals surface area contributed by atoms with Crippen LogP contribution in [0.5, 0.6) is 11.8 Å². The van der Waals surface area contributed by atoms with Crippen LogP contribution in [0.1, 0.15) is 5.76 Å². The van der Waals surface area contributed by atoms with Gasteiger partial charge in [0.25, 0.3) is 0 Å². The Bertz CT molecular complexity index is 725. The fourth-order valence-corrected chi connectivity index (χ4v) is 1.75. The van der Waals surface area contributed by atoms with Gasteiger partial charge in [-0.25, -0.2) is 0 Å². The van der Waals surface area contributed by atoms with Gasteiger partial charge in [0.05, 0.1) is 27.0 Å². The molecule has 0 spiro atoms. The molecule has 2 amide bonds. The lowest BCUT2D eigenvalue weighted by Gasteiger charge is -2.10. The largest absolute Gasteiger partial charge is 0.481 e. The summed E-state index contributed by atoms with van der Waals surface area (Å²) in [6, 6.07) is 6.60. The molecule has 2 aromatic rings. The molecule has 0 aliphatic carbocycles. The van der Waals surface area contributed by atoms with Gasteiger partial charge in [-0.3, -0.25) is 9.59 Å². The molecule has 0 aliphatic rings. The van der Waals surface area contributed by atoms with E-state index in [1.165, 1.54) is 32.6 Å². The van der Waals surface area contributed by atoms with Crippen LogP contribution in [-0.4, -0.2) is 37.6 Å². The van der Waals surface area contributed by atoms with Crippen LogP contribution >= 0.6 is 0 Å². The van der Waals surface area contributed by atoms with E-state index >= 15 is 0 Å². The van der Waals surface area contributed by atoms with Gasteiger partial charge in [0, 0.05) is 12.1 Å². The van der Waals surface area contributed by atoms with E-state index in [9.17, 15) is 9.59 Å². The maximum absolute atomic E-state index is 11.9. The number of carbonyl (C=O) groups is 2. The normalized spacial score (nSPS) is 10.4. The van der Waals surface area contributed by atoms with Crippen molar-refractivity contribution in [2.24, 2.45) is 0 Å². The third-order valence-electron chi connectivity index (χ3n) is 2.88. The molecule has 2 heterocycles. The molecule has 0 saturated carbocycles. The molecular weight excluding hydrogens is 314 g/mol. The van der Waals surface area contributed by atoms with Gasteiger partial charge >= 0.3 is 0 Å². The van der Waals surface area contributed by atoms with Crippen LogP contribution in [0, 0.1) is 0 Å². The molecule has 0 fully saturated rings. The molecule has 0 unspecified atom stereocenters. The van der Waals surface area contributed by atoms with E-state index in [4.69, 9.17) is 13.9 Å². The number of hydrogen-bond acceptors (Lipinski definition) is 6. The fourth-order valence-electron chi connectivity index (χ4n) is 1.75. The van der Waals surface area contributed by atoms with Crippen LogP contribution in [0.25, 0.3) is 6.08 Å². The average Bonchev–Trinajstić information content (AvgIpc) is 3.12. The van der Waals surface area contributed by atoms with E-state index in [2.05, 4.69) is 15.6 Å². The molecule has 0 aromatic carbocycles. The summed E-state index contributed by atoms with van der Waals surface area (Å²) in [5, 5.41) is 5.06. The molecule has 0 bridgehead atoms. The van der Waals surface area contributed by atoms with Crippen molar-refractivity contribution < 1.29 is 23.5 Å². The highest BCUT2D eigenvalue weighted by atomic mass is 16.5. The van der Waals surface area contributed by atoms with Crippen LogP contribution < -0.4 is 20.1 Å². The highest BCUT2D eigenvalue weighted by Crippen LogP contribution is 2.24. The van der Waals surface area contributed by atoms with E-state index in [1.54, 1.807) is 24.3 Å². The molecule has 24 heavy (non-hydrogen) atoms. The topological polar surface area (TPSA) is 103 Å². The molecule has 0 aliphatic heterocycles. The van der Waals surface area contributed by atoms with E-state index in [1.807, 2.05) is 0 Å². The molecule has 126 valence electrons. The van der Waals surface area contributed by atoms with E-state index in [-0.39, 0.29) is 12.4 Å². The number of nitrogens with one attached hydrogen (secondary N) is 2. The maximum atomic E-state index is 11.9. The number of rotatable bonds is 7. The van der Waals surface area contributed by atoms with Crippen molar-refractivity contribution in [3.63, 3.8) is 0 Å². The fraction of sp³-hybridized carbons (Fsp3) is 0.188. The van der Waals surface area contributed by atoms with Crippen molar-refractivity contribution in [1.29, 1.82) is 0 Å². The van der Waals surface area contributed by atoms with Gasteiger partial charge in [0.1, 0.15) is 11.4 Å². The first kappa shape index (κ1) is 17.1. The Morgan fingerprint density at radius 2 is 2.08 bits per heavy atom. The Balaban J connectivity index is 1.86. The Hall–Kier alpha value is -3.29. The Morgan fingerprint density at radius 1 is 1.25 bits per heavy atom. The number of amides is 2. The number of carbonyl (C=O) groups excluding carboxylic acids is 2. The van der Waals surface area contributed by atoms with Crippen molar-refractivity contribution in [1.82, 2.24) is 10.3 Å². The van der Waals surface area contributed by atoms with E-state index in [0.717, 1.165) is 0 Å². The first-order valence-electron chi connectivity index (χ1n) is 7.00. The predicted octanol–water partition coefficient (Wildman–Crippen LogP) is 1.46. The van der Waals surface area contributed by atoms with Gasteiger partial charge in [-0.1, -0.05) is 0 Å². The number of pyridine rings is 1. The number of aromatic nitrogens is 1. The molecule has 0 atom stereocenters. The third-order valence-corrected chi connectivity index (χ3v) is 2.88. The van der Waals surface area contributed by atoms with Crippen molar-refractivity contribution in [3.05, 3.63) is 42.4 Å². The summed E-state index contributed by atoms with van der Waals surface area (Å²) in [6.45, 7) is -0.198. The van der Waals surface area contributed by atoms with Gasteiger partial charge < -0.3 is 24.5 Å². The molecule has 0 radical (unpaired) electrons. The molecule has 8 nitrogen and oxygen atoms in total. The maximum Gasteiger partial charge on any atom is 0.244 e. The van der Waals surface area contributed by atoms with Crippen LogP contribution in [-0.2, 0) is 9.59 Å². The summed E-state index contributed by atoms with van der Waals surface area (Å²) in [5.41, 5.74) is 0.378. The third kappa shape index (κ3) is 4.87. The van der Waals surface area contributed by atoms with Crippen molar-refractivity contribution in [2.45, 2.75) is 0 Å². The van der Waals surface area contributed by atoms with Crippen molar-refractivity contribution in [3.8, 4) is 11.8 Å². The van der Waals surface area contributed by atoms with Gasteiger partial charge in [-0.2, -0.15) is 4.98 Å². The Morgan fingerprint density at radius 3 is 2.75 bits per heavy atom. The van der Waals surface area contributed by atoms with E-state index in [0.29, 0.717) is 17.3 Å². The minimum Gasteiger partial charge on any atom is -0.481 e. The number of nitrogens with zero attached hydrogens (tertiary/aromatic N) is 1. The van der Waals surface area contributed by atoms with Crippen LogP contribution in [0.4, 0.5) is 5.69 Å². The lowest BCUT2D eigenvalue weighted by atomic mass is 10.3. The summed E-state index contributed by atoms with van der Waals surface area (Å²) in [7, 11) is 2.91. The summed E-state index contributed by atoms with van der Waals surface area (Å²) in [4.78, 5) is 27.6.